The van der Waals surface area contributed by atoms with Crippen molar-refractivity contribution in [1.82, 2.24) is 0 Å². The molecule has 0 spiro atoms. The van der Waals surface area contributed by atoms with Crippen molar-refractivity contribution in [3.05, 3.63) is 41.5 Å². The van der Waals surface area contributed by atoms with E-state index in [0.717, 1.165) is 18.6 Å². The van der Waals surface area contributed by atoms with Gasteiger partial charge in [-0.05, 0) is 41.3 Å². The van der Waals surface area contributed by atoms with Crippen molar-refractivity contribution in [3.8, 4) is 0 Å². The predicted octanol–water partition coefficient (Wildman–Crippen LogP) is 4.51. The van der Waals surface area contributed by atoms with E-state index in [1.54, 1.807) is 0 Å². The summed E-state index contributed by atoms with van der Waals surface area (Å²) in [5.74, 6) is -0.888. The molecule has 25 heavy (non-hydrogen) atoms. The van der Waals surface area contributed by atoms with Gasteiger partial charge in [0.1, 0.15) is 6.10 Å². The maximum atomic E-state index is 11.7. The van der Waals surface area contributed by atoms with Crippen LogP contribution in [0.2, 0.25) is 18.1 Å². The van der Waals surface area contributed by atoms with Crippen molar-refractivity contribution < 1.29 is 19.1 Å². The monoisotopic (exact) mass is 362 g/mol. The Labute approximate surface area is 152 Å². The molecular formula is C20H30O4Si. The Hall–Kier alpha value is -1.43. The first kappa shape index (κ1) is 19.9. The van der Waals surface area contributed by atoms with Gasteiger partial charge < -0.3 is 14.3 Å². The largest absolute Gasteiger partial charge is 0.479 e. The van der Waals surface area contributed by atoms with E-state index in [4.69, 9.17) is 9.16 Å². The average molecular weight is 363 g/mol. The lowest BCUT2D eigenvalue weighted by molar-refractivity contribution is -0.145. The van der Waals surface area contributed by atoms with Crippen LogP contribution in [-0.4, -0.2) is 38.7 Å². The van der Waals surface area contributed by atoms with Gasteiger partial charge >= 0.3 is 5.97 Å². The third kappa shape index (κ3) is 5.27. The summed E-state index contributed by atoms with van der Waals surface area (Å²) in [6, 6.07) is 8.16. The van der Waals surface area contributed by atoms with Crippen LogP contribution in [0.5, 0.6) is 0 Å². The van der Waals surface area contributed by atoms with E-state index in [-0.39, 0.29) is 5.04 Å². The minimum absolute atomic E-state index is 0.0138. The number of carboxylic acids is 1. The van der Waals surface area contributed by atoms with Crippen molar-refractivity contribution in [2.45, 2.75) is 57.8 Å². The fraction of sp³-hybridized carbons (Fsp3) is 0.550. The Morgan fingerprint density at radius 2 is 1.92 bits per heavy atom. The lowest BCUT2D eigenvalue weighted by Gasteiger charge is -2.38. The van der Waals surface area contributed by atoms with Crippen molar-refractivity contribution in [1.29, 1.82) is 0 Å². The number of carbonyl (C=O) groups is 1. The van der Waals surface area contributed by atoms with Crippen LogP contribution in [0.1, 0.15) is 38.3 Å². The summed E-state index contributed by atoms with van der Waals surface area (Å²) in [5.41, 5.74) is 3.47. The third-order valence-corrected chi connectivity index (χ3v) is 9.71. The van der Waals surface area contributed by atoms with Crippen molar-refractivity contribution >= 4 is 19.9 Å². The molecule has 0 saturated heterocycles. The van der Waals surface area contributed by atoms with E-state index in [0.29, 0.717) is 13.0 Å². The molecule has 1 aliphatic rings. The van der Waals surface area contributed by atoms with Gasteiger partial charge in [-0.2, -0.15) is 0 Å². The topological polar surface area (TPSA) is 55.8 Å². The van der Waals surface area contributed by atoms with Gasteiger partial charge in [-0.3, -0.25) is 0 Å². The molecule has 2 rings (SSSR count). The van der Waals surface area contributed by atoms with Gasteiger partial charge in [-0.15, -0.1) is 0 Å². The molecule has 0 radical (unpaired) electrons. The molecule has 0 amide bonds. The Kier molecular flexibility index (Phi) is 6.24. The van der Waals surface area contributed by atoms with Gasteiger partial charge in [0.15, 0.2) is 8.32 Å². The van der Waals surface area contributed by atoms with Crippen molar-refractivity contribution in [2.24, 2.45) is 0 Å². The molecule has 5 heteroatoms. The summed E-state index contributed by atoms with van der Waals surface area (Å²) in [4.78, 5) is 11.7. The molecule has 0 aliphatic carbocycles. The predicted molar refractivity (Wildman–Crippen MR) is 103 cm³/mol. The molecule has 0 aromatic heterocycles. The van der Waals surface area contributed by atoms with Gasteiger partial charge in [-0.1, -0.05) is 51.1 Å². The first-order valence-electron chi connectivity index (χ1n) is 8.87. The average Bonchev–Trinajstić information content (AvgIpc) is 2.54. The van der Waals surface area contributed by atoms with E-state index < -0.39 is 20.4 Å². The summed E-state index contributed by atoms with van der Waals surface area (Å²) < 4.78 is 11.5. The van der Waals surface area contributed by atoms with Crippen LogP contribution in [0, 0.1) is 0 Å². The van der Waals surface area contributed by atoms with Crippen LogP contribution >= 0.6 is 0 Å². The summed E-state index contributed by atoms with van der Waals surface area (Å²) in [7, 11) is -2.13. The number of benzene rings is 1. The lowest BCUT2D eigenvalue weighted by Crippen LogP contribution is -2.46. The number of ether oxygens (including phenoxy) is 1. The Morgan fingerprint density at radius 3 is 2.40 bits per heavy atom. The molecule has 0 saturated carbocycles. The number of hydrogen-bond acceptors (Lipinski definition) is 3. The molecule has 1 aliphatic heterocycles. The zero-order valence-corrected chi connectivity index (χ0v) is 17.0. The smallest absolute Gasteiger partial charge is 0.331 e. The molecule has 1 atom stereocenters. The van der Waals surface area contributed by atoms with Gasteiger partial charge in [0.2, 0.25) is 0 Å². The SMILES string of the molecule is CC(C)(C)[Si](C)(C)OC(Cc1ccc(C2=CCOCC2)cc1)C(=O)O. The fourth-order valence-corrected chi connectivity index (χ4v) is 3.82. The second-order valence-electron chi connectivity index (χ2n) is 8.16. The van der Waals surface area contributed by atoms with E-state index in [2.05, 4.69) is 52.1 Å². The minimum Gasteiger partial charge on any atom is -0.479 e. The molecule has 1 aromatic rings. The Morgan fingerprint density at radius 1 is 1.28 bits per heavy atom. The fourth-order valence-electron chi connectivity index (χ4n) is 2.57. The van der Waals surface area contributed by atoms with Crippen LogP contribution < -0.4 is 0 Å². The standard InChI is InChI=1S/C20H30O4Si/c1-20(2,3)25(4,5)24-18(19(21)22)14-15-6-8-16(9-7-15)17-10-12-23-13-11-17/h6-10,18H,11-14H2,1-5H3,(H,21,22). The highest BCUT2D eigenvalue weighted by Gasteiger charge is 2.40. The first-order chi connectivity index (χ1) is 11.6. The van der Waals surface area contributed by atoms with Crippen LogP contribution in [0.3, 0.4) is 0 Å². The molecular weight excluding hydrogens is 332 g/mol. The van der Waals surface area contributed by atoms with Crippen LogP contribution in [0.25, 0.3) is 5.57 Å². The quantitative estimate of drug-likeness (QED) is 0.757. The van der Waals surface area contributed by atoms with E-state index in [9.17, 15) is 9.90 Å². The highest BCUT2D eigenvalue weighted by Crippen LogP contribution is 2.37. The maximum Gasteiger partial charge on any atom is 0.331 e. The van der Waals surface area contributed by atoms with Gasteiger partial charge in [0, 0.05) is 6.42 Å². The maximum absolute atomic E-state index is 11.7. The normalized spacial score (nSPS) is 17.1. The molecule has 0 bridgehead atoms. The van der Waals surface area contributed by atoms with Crippen LogP contribution in [0.15, 0.2) is 30.3 Å². The molecule has 1 heterocycles. The number of carboxylic acid groups (broad SMARTS) is 1. The van der Waals surface area contributed by atoms with Crippen molar-refractivity contribution in [2.75, 3.05) is 13.2 Å². The van der Waals surface area contributed by atoms with Gasteiger partial charge in [0.25, 0.3) is 0 Å². The highest BCUT2D eigenvalue weighted by molar-refractivity contribution is 6.74. The summed E-state index contributed by atoms with van der Waals surface area (Å²) >= 11 is 0. The highest BCUT2D eigenvalue weighted by atomic mass is 28.4. The number of rotatable bonds is 6. The zero-order valence-electron chi connectivity index (χ0n) is 16.0. The Bertz CT molecular complexity index is 626. The number of aliphatic carboxylic acids is 1. The summed E-state index contributed by atoms with van der Waals surface area (Å²) in [6.45, 7) is 12.0. The molecule has 4 nitrogen and oxygen atoms in total. The molecule has 1 unspecified atom stereocenters. The van der Waals surface area contributed by atoms with Crippen molar-refractivity contribution in [3.63, 3.8) is 0 Å². The van der Waals surface area contributed by atoms with E-state index in [1.165, 1.54) is 11.1 Å². The van der Waals surface area contributed by atoms with Gasteiger partial charge in [0.05, 0.1) is 13.2 Å². The molecule has 1 aromatic carbocycles. The molecule has 138 valence electrons. The van der Waals surface area contributed by atoms with Crippen LogP contribution in [0.4, 0.5) is 0 Å². The second-order valence-corrected chi connectivity index (χ2v) is 12.9. The zero-order chi connectivity index (χ0) is 18.7. The Balaban J connectivity index is 2.09. The number of hydrogen-bond donors (Lipinski definition) is 1. The summed E-state index contributed by atoms with van der Waals surface area (Å²) in [6.07, 6.45) is 2.63. The van der Waals surface area contributed by atoms with Gasteiger partial charge in [-0.25, -0.2) is 4.79 Å². The first-order valence-corrected chi connectivity index (χ1v) is 11.8. The van der Waals surface area contributed by atoms with E-state index in [1.807, 2.05) is 12.1 Å². The lowest BCUT2D eigenvalue weighted by atomic mass is 9.99. The molecule has 0 fully saturated rings. The third-order valence-electron chi connectivity index (χ3n) is 5.23. The van der Waals surface area contributed by atoms with E-state index >= 15 is 0 Å². The molecule has 1 N–H and O–H groups in total. The summed E-state index contributed by atoms with van der Waals surface area (Å²) in [5, 5.41) is 9.58. The van der Waals surface area contributed by atoms with Crippen LogP contribution in [-0.2, 0) is 20.4 Å². The second kappa shape index (κ2) is 7.85. The minimum atomic E-state index is -2.13.